The molecule has 1 amide bonds. The second-order valence-electron chi connectivity index (χ2n) is 8.59. The Morgan fingerprint density at radius 2 is 1.81 bits per heavy atom. The number of amides is 1. The topological polar surface area (TPSA) is 73.7 Å². The summed E-state index contributed by atoms with van der Waals surface area (Å²) in [5.41, 5.74) is 1.92. The zero-order valence-corrected chi connectivity index (χ0v) is 21.7. The smallest absolute Gasteiger partial charge is 0.266 e. The number of hydrogen-bond donors (Lipinski definition) is 0. The third kappa shape index (κ3) is 6.25. The van der Waals surface area contributed by atoms with Crippen LogP contribution in [0.15, 0.2) is 83.7 Å². The van der Waals surface area contributed by atoms with Crippen LogP contribution in [0.25, 0.3) is 16.6 Å². The molecule has 4 rings (SSSR count). The number of halogens is 1. The summed E-state index contributed by atoms with van der Waals surface area (Å²) in [6.45, 7) is 2.83. The highest BCUT2D eigenvalue weighted by molar-refractivity contribution is 6.30. The van der Waals surface area contributed by atoms with Gasteiger partial charge in [-0.05, 0) is 42.3 Å². The number of ether oxygens (including phenoxy) is 2. The van der Waals surface area contributed by atoms with Gasteiger partial charge in [0.2, 0.25) is 5.91 Å². The summed E-state index contributed by atoms with van der Waals surface area (Å²) in [4.78, 5) is 33.8. The highest BCUT2D eigenvalue weighted by Crippen LogP contribution is 2.27. The van der Waals surface area contributed by atoms with Crippen molar-refractivity contribution < 1.29 is 14.3 Å². The van der Waals surface area contributed by atoms with Gasteiger partial charge in [-0.25, -0.2) is 4.98 Å². The van der Waals surface area contributed by atoms with E-state index in [4.69, 9.17) is 26.1 Å². The van der Waals surface area contributed by atoms with Crippen LogP contribution in [0.5, 0.6) is 0 Å². The molecule has 0 aliphatic rings. The Labute approximate surface area is 221 Å². The van der Waals surface area contributed by atoms with E-state index in [-0.39, 0.29) is 18.1 Å². The lowest BCUT2D eigenvalue weighted by Gasteiger charge is -2.32. The van der Waals surface area contributed by atoms with Gasteiger partial charge in [-0.2, -0.15) is 0 Å². The SMILES string of the molecule is CCC(c1nc2ccccc2c(=O)n1-c1cccc(Cl)c1)N(CCOC)C(=O)COCc1ccccc1. The van der Waals surface area contributed by atoms with Crippen molar-refractivity contribution in [3.05, 3.63) is 106 Å². The van der Waals surface area contributed by atoms with Crippen molar-refractivity contribution in [2.24, 2.45) is 0 Å². The van der Waals surface area contributed by atoms with Gasteiger partial charge in [-0.1, -0.05) is 67.1 Å². The van der Waals surface area contributed by atoms with Crippen LogP contribution in [-0.4, -0.2) is 47.2 Å². The van der Waals surface area contributed by atoms with Crippen LogP contribution in [0.4, 0.5) is 0 Å². The number of hydrogen-bond acceptors (Lipinski definition) is 5. The fourth-order valence-electron chi connectivity index (χ4n) is 4.34. The fourth-order valence-corrected chi connectivity index (χ4v) is 4.52. The van der Waals surface area contributed by atoms with Crippen molar-refractivity contribution in [2.75, 3.05) is 26.9 Å². The van der Waals surface area contributed by atoms with E-state index in [0.717, 1.165) is 5.56 Å². The van der Waals surface area contributed by atoms with Gasteiger partial charge in [0.15, 0.2) is 0 Å². The predicted octanol–water partition coefficient (Wildman–Crippen LogP) is 5.18. The van der Waals surface area contributed by atoms with Crippen LogP contribution in [0.2, 0.25) is 5.02 Å². The largest absolute Gasteiger partial charge is 0.383 e. The molecule has 4 aromatic rings. The summed E-state index contributed by atoms with van der Waals surface area (Å²) < 4.78 is 12.6. The quantitative estimate of drug-likeness (QED) is 0.273. The van der Waals surface area contributed by atoms with Crippen LogP contribution < -0.4 is 5.56 Å². The van der Waals surface area contributed by atoms with Crippen molar-refractivity contribution in [1.82, 2.24) is 14.5 Å². The summed E-state index contributed by atoms with van der Waals surface area (Å²) in [5, 5.41) is 0.986. The van der Waals surface area contributed by atoms with E-state index >= 15 is 0 Å². The van der Waals surface area contributed by atoms with Crippen molar-refractivity contribution in [1.29, 1.82) is 0 Å². The molecule has 0 N–H and O–H groups in total. The van der Waals surface area contributed by atoms with E-state index < -0.39 is 6.04 Å². The average molecular weight is 520 g/mol. The summed E-state index contributed by atoms with van der Waals surface area (Å²) in [6.07, 6.45) is 0.527. The molecule has 0 aliphatic heterocycles. The van der Waals surface area contributed by atoms with E-state index in [0.29, 0.717) is 53.6 Å². The fraction of sp³-hybridized carbons (Fsp3) is 0.276. The highest BCUT2D eigenvalue weighted by Gasteiger charge is 2.29. The van der Waals surface area contributed by atoms with Gasteiger partial charge in [-0.15, -0.1) is 0 Å². The Hall–Kier alpha value is -3.52. The number of aromatic nitrogens is 2. The summed E-state index contributed by atoms with van der Waals surface area (Å²) in [5.74, 6) is 0.251. The van der Waals surface area contributed by atoms with Gasteiger partial charge in [0.05, 0.1) is 35.8 Å². The van der Waals surface area contributed by atoms with E-state index in [9.17, 15) is 9.59 Å². The molecular weight excluding hydrogens is 490 g/mol. The maximum atomic E-state index is 13.7. The third-order valence-electron chi connectivity index (χ3n) is 6.12. The van der Waals surface area contributed by atoms with E-state index in [2.05, 4.69) is 0 Å². The first-order chi connectivity index (χ1) is 18.0. The minimum absolute atomic E-state index is 0.107. The van der Waals surface area contributed by atoms with Gasteiger partial charge in [-0.3, -0.25) is 14.2 Å². The molecule has 192 valence electrons. The van der Waals surface area contributed by atoms with Crippen molar-refractivity contribution in [2.45, 2.75) is 26.0 Å². The molecule has 1 atom stereocenters. The third-order valence-corrected chi connectivity index (χ3v) is 6.36. The first-order valence-electron chi connectivity index (χ1n) is 12.2. The molecule has 0 aliphatic carbocycles. The Morgan fingerprint density at radius 3 is 2.54 bits per heavy atom. The van der Waals surface area contributed by atoms with Crippen molar-refractivity contribution >= 4 is 28.4 Å². The monoisotopic (exact) mass is 519 g/mol. The molecular formula is C29H30ClN3O4. The van der Waals surface area contributed by atoms with Gasteiger partial charge >= 0.3 is 0 Å². The van der Waals surface area contributed by atoms with E-state index in [1.54, 1.807) is 46.9 Å². The van der Waals surface area contributed by atoms with Crippen LogP contribution >= 0.6 is 11.6 Å². The maximum absolute atomic E-state index is 13.7. The Morgan fingerprint density at radius 1 is 1.05 bits per heavy atom. The standard InChI is InChI=1S/C29H30ClN3O4/c1-3-26(32(16-17-36-2)27(34)20-37-19-21-10-5-4-6-11-21)28-31-25-15-8-7-14-24(25)29(35)33(28)23-13-9-12-22(30)18-23/h4-15,18,26H,3,16-17,19-20H2,1-2H3. The van der Waals surface area contributed by atoms with Gasteiger partial charge in [0.25, 0.3) is 5.56 Å². The van der Waals surface area contributed by atoms with Crippen molar-refractivity contribution in [3.63, 3.8) is 0 Å². The molecule has 8 heteroatoms. The lowest BCUT2D eigenvalue weighted by Crippen LogP contribution is -2.42. The number of para-hydroxylation sites is 1. The molecule has 0 radical (unpaired) electrons. The lowest BCUT2D eigenvalue weighted by atomic mass is 10.1. The molecule has 7 nitrogen and oxygen atoms in total. The zero-order valence-electron chi connectivity index (χ0n) is 21.0. The number of methoxy groups -OCH3 is 1. The number of nitrogens with zero attached hydrogens (tertiary/aromatic N) is 3. The second-order valence-corrected chi connectivity index (χ2v) is 9.03. The van der Waals surface area contributed by atoms with Crippen molar-refractivity contribution in [3.8, 4) is 5.69 Å². The molecule has 1 aromatic heterocycles. The van der Waals surface area contributed by atoms with E-state index in [1.807, 2.05) is 55.5 Å². The molecule has 1 unspecified atom stereocenters. The minimum Gasteiger partial charge on any atom is -0.383 e. The highest BCUT2D eigenvalue weighted by atomic mass is 35.5. The molecule has 0 spiro atoms. The van der Waals surface area contributed by atoms with Crippen LogP contribution in [0.1, 0.15) is 30.8 Å². The minimum atomic E-state index is -0.501. The number of carbonyl (C=O) groups excluding carboxylic acids is 1. The Kier molecular flexibility index (Phi) is 9.06. The molecule has 0 saturated carbocycles. The van der Waals surface area contributed by atoms with Gasteiger partial charge < -0.3 is 14.4 Å². The Bertz CT molecular complexity index is 1410. The number of rotatable bonds is 11. The average Bonchev–Trinajstić information content (AvgIpc) is 2.91. The van der Waals surface area contributed by atoms with Crippen LogP contribution in [0.3, 0.4) is 0 Å². The maximum Gasteiger partial charge on any atom is 0.266 e. The summed E-state index contributed by atoms with van der Waals surface area (Å²) >= 11 is 6.29. The normalized spacial score (nSPS) is 12.0. The first kappa shape index (κ1) is 26.5. The molecule has 0 bridgehead atoms. The number of benzene rings is 3. The molecule has 1 heterocycles. The summed E-state index contributed by atoms with van der Waals surface area (Å²) in [7, 11) is 1.59. The van der Waals surface area contributed by atoms with E-state index in [1.165, 1.54) is 0 Å². The number of fused-ring (bicyclic) bond motifs is 1. The van der Waals surface area contributed by atoms with Gasteiger partial charge in [0, 0.05) is 18.7 Å². The van der Waals surface area contributed by atoms with Crippen LogP contribution in [0, 0.1) is 0 Å². The molecule has 0 saturated heterocycles. The molecule has 37 heavy (non-hydrogen) atoms. The van der Waals surface area contributed by atoms with Gasteiger partial charge in [0.1, 0.15) is 12.4 Å². The number of carbonyl (C=O) groups is 1. The summed E-state index contributed by atoms with van der Waals surface area (Å²) in [6, 6.07) is 23.5. The molecule has 0 fully saturated rings. The van der Waals surface area contributed by atoms with Crippen LogP contribution in [-0.2, 0) is 20.9 Å². The zero-order chi connectivity index (χ0) is 26.2. The molecule has 3 aromatic carbocycles. The predicted molar refractivity (Wildman–Crippen MR) is 145 cm³/mol. The second kappa shape index (κ2) is 12.6. The first-order valence-corrected chi connectivity index (χ1v) is 12.6. The Balaban J connectivity index is 1.75. The lowest BCUT2D eigenvalue weighted by molar-refractivity contribution is -0.140.